The zero-order valence-corrected chi connectivity index (χ0v) is 12.8. The molecule has 2 aromatic rings. The van der Waals surface area contributed by atoms with E-state index in [1.165, 1.54) is 12.1 Å². The second kappa shape index (κ2) is 8.17. The van der Waals surface area contributed by atoms with Gasteiger partial charge < -0.3 is 10.6 Å². The van der Waals surface area contributed by atoms with Gasteiger partial charge in [0.1, 0.15) is 0 Å². The van der Waals surface area contributed by atoms with Crippen molar-refractivity contribution in [3.8, 4) is 0 Å². The summed E-state index contributed by atoms with van der Waals surface area (Å²) in [4.78, 5) is 11.8. The number of halogens is 2. The normalized spacial score (nSPS) is 10.4. The molecule has 0 fully saturated rings. The number of benzene rings is 1. The van der Waals surface area contributed by atoms with Gasteiger partial charge in [-0.25, -0.2) is 8.78 Å². The lowest BCUT2D eigenvalue weighted by Gasteiger charge is -2.07. The van der Waals surface area contributed by atoms with Crippen LogP contribution in [0.2, 0.25) is 0 Å². The van der Waals surface area contributed by atoms with Gasteiger partial charge >= 0.3 is 0 Å². The summed E-state index contributed by atoms with van der Waals surface area (Å²) in [5.74, 6) is -1.82. The molecule has 1 aromatic carbocycles. The molecule has 5 nitrogen and oxygen atoms in total. The van der Waals surface area contributed by atoms with Gasteiger partial charge in [0.2, 0.25) is 0 Å². The first-order valence-corrected chi connectivity index (χ1v) is 7.44. The van der Waals surface area contributed by atoms with Gasteiger partial charge in [0.25, 0.3) is 5.91 Å². The molecule has 2 rings (SSSR count). The number of anilines is 2. The molecule has 0 unspecified atom stereocenters. The van der Waals surface area contributed by atoms with E-state index in [0.29, 0.717) is 18.1 Å². The predicted octanol–water partition coefficient (Wildman–Crippen LogP) is 3.42. The minimum atomic E-state index is -0.953. The maximum Gasteiger partial charge on any atom is 0.271 e. The van der Waals surface area contributed by atoms with Crippen molar-refractivity contribution in [2.75, 3.05) is 11.9 Å². The molecule has 0 saturated carbocycles. The average Bonchev–Trinajstić information content (AvgIpc) is 2.55. The maximum atomic E-state index is 13.1. The van der Waals surface area contributed by atoms with Crippen LogP contribution in [0.4, 0.5) is 20.3 Å². The van der Waals surface area contributed by atoms with Crippen molar-refractivity contribution < 1.29 is 13.6 Å². The third-order valence-electron chi connectivity index (χ3n) is 3.16. The Hall–Kier alpha value is -2.57. The van der Waals surface area contributed by atoms with E-state index in [-0.39, 0.29) is 11.6 Å². The van der Waals surface area contributed by atoms with Crippen LogP contribution >= 0.6 is 0 Å². The molecule has 0 saturated heterocycles. The van der Waals surface area contributed by atoms with Crippen molar-refractivity contribution in [2.45, 2.75) is 26.2 Å². The number of carbonyl (C=O) groups is 1. The summed E-state index contributed by atoms with van der Waals surface area (Å²) < 4.78 is 26.0. The Kier molecular flexibility index (Phi) is 5.96. The fourth-order valence-corrected chi connectivity index (χ4v) is 1.91. The standard InChI is InChI=1S/C16H18F2N4O/c1-2-3-4-9-19-16(23)14-7-8-15(22-21-14)20-11-5-6-12(17)13(18)10-11/h5-8,10H,2-4,9H2,1H3,(H,19,23)(H,20,22). The van der Waals surface area contributed by atoms with Crippen LogP contribution < -0.4 is 10.6 Å². The van der Waals surface area contributed by atoms with E-state index < -0.39 is 11.6 Å². The topological polar surface area (TPSA) is 66.9 Å². The summed E-state index contributed by atoms with van der Waals surface area (Å²) in [6.07, 6.45) is 3.06. The van der Waals surface area contributed by atoms with Gasteiger partial charge in [-0.15, -0.1) is 10.2 Å². The van der Waals surface area contributed by atoms with Gasteiger partial charge in [-0.1, -0.05) is 19.8 Å². The summed E-state index contributed by atoms with van der Waals surface area (Å²) in [5, 5.41) is 13.2. The number of hydrogen-bond acceptors (Lipinski definition) is 4. The molecule has 7 heteroatoms. The van der Waals surface area contributed by atoms with Gasteiger partial charge in [0.05, 0.1) is 0 Å². The number of nitrogens with zero attached hydrogens (tertiary/aromatic N) is 2. The van der Waals surface area contributed by atoms with Gasteiger partial charge in [0, 0.05) is 18.3 Å². The summed E-state index contributed by atoms with van der Waals surface area (Å²) in [7, 11) is 0. The minimum Gasteiger partial charge on any atom is -0.351 e. The van der Waals surface area contributed by atoms with Crippen molar-refractivity contribution >= 4 is 17.4 Å². The first-order valence-electron chi connectivity index (χ1n) is 7.44. The van der Waals surface area contributed by atoms with E-state index in [4.69, 9.17) is 0 Å². The van der Waals surface area contributed by atoms with E-state index in [0.717, 1.165) is 31.4 Å². The number of carbonyl (C=O) groups excluding carboxylic acids is 1. The maximum absolute atomic E-state index is 13.1. The van der Waals surface area contributed by atoms with Crippen LogP contribution in [0.25, 0.3) is 0 Å². The van der Waals surface area contributed by atoms with E-state index in [1.54, 1.807) is 6.07 Å². The molecule has 0 bridgehead atoms. The van der Waals surface area contributed by atoms with Crippen molar-refractivity contribution in [1.82, 2.24) is 15.5 Å². The van der Waals surface area contributed by atoms with E-state index in [9.17, 15) is 13.6 Å². The van der Waals surface area contributed by atoms with Crippen molar-refractivity contribution in [3.05, 3.63) is 47.7 Å². The molecule has 2 N–H and O–H groups in total. The Bertz CT molecular complexity index is 662. The highest BCUT2D eigenvalue weighted by atomic mass is 19.2. The summed E-state index contributed by atoms with van der Waals surface area (Å²) in [6, 6.07) is 6.49. The van der Waals surface area contributed by atoms with Gasteiger partial charge in [-0.05, 0) is 30.7 Å². The lowest BCUT2D eigenvalue weighted by Crippen LogP contribution is -2.25. The van der Waals surface area contributed by atoms with Crippen molar-refractivity contribution in [3.63, 3.8) is 0 Å². The Morgan fingerprint density at radius 1 is 1.09 bits per heavy atom. The number of unbranched alkanes of at least 4 members (excludes halogenated alkanes) is 2. The SMILES string of the molecule is CCCCCNC(=O)c1ccc(Nc2ccc(F)c(F)c2)nn1. The molecule has 1 heterocycles. The second-order valence-corrected chi connectivity index (χ2v) is 5.02. The second-order valence-electron chi connectivity index (χ2n) is 5.02. The highest BCUT2D eigenvalue weighted by molar-refractivity contribution is 5.92. The van der Waals surface area contributed by atoms with Gasteiger partial charge in [-0.3, -0.25) is 4.79 Å². The minimum absolute atomic E-state index is 0.206. The van der Waals surface area contributed by atoms with Crippen LogP contribution in [0.1, 0.15) is 36.7 Å². The van der Waals surface area contributed by atoms with Crippen LogP contribution in [0.3, 0.4) is 0 Å². The third-order valence-corrected chi connectivity index (χ3v) is 3.16. The fraction of sp³-hybridized carbons (Fsp3) is 0.312. The molecule has 0 aliphatic carbocycles. The number of hydrogen-bond donors (Lipinski definition) is 2. The molecule has 0 atom stereocenters. The summed E-state index contributed by atoms with van der Waals surface area (Å²) in [6.45, 7) is 2.69. The van der Waals surface area contributed by atoms with E-state index in [1.807, 2.05) is 0 Å². The van der Waals surface area contributed by atoms with Crippen LogP contribution in [0.5, 0.6) is 0 Å². The molecule has 23 heavy (non-hydrogen) atoms. The average molecular weight is 320 g/mol. The molecule has 122 valence electrons. The van der Waals surface area contributed by atoms with Crippen LogP contribution in [-0.2, 0) is 0 Å². The summed E-state index contributed by atoms with van der Waals surface area (Å²) in [5.41, 5.74) is 0.548. The number of amides is 1. The number of rotatable bonds is 7. The molecular weight excluding hydrogens is 302 g/mol. The fourth-order valence-electron chi connectivity index (χ4n) is 1.91. The monoisotopic (exact) mass is 320 g/mol. The number of nitrogens with one attached hydrogen (secondary N) is 2. The smallest absolute Gasteiger partial charge is 0.271 e. The largest absolute Gasteiger partial charge is 0.351 e. The first kappa shape index (κ1) is 16.8. The summed E-state index contributed by atoms with van der Waals surface area (Å²) >= 11 is 0. The zero-order chi connectivity index (χ0) is 16.7. The van der Waals surface area contributed by atoms with Gasteiger partial charge in [-0.2, -0.15) is 0 Å². The lowest BCUT2D eigenvalue weighted by atomic mass is 10.2. The molecular formula is C16H18F2N4O. The quantitative estimate of drug-likeness (QED) is 0.767. The van der Waals surface area contributed by atoms with Crippen LogP contribution in [0, 0.1) is 11.6 Å². The van der Waals surface area contributed by atoms with Crippen molar-refractivity contribution in [1.29, 1.82) is 0 Å². The number of aromatic nitrogens is 2. The Morgan fingerprint density at radius 3 is 2.57 bits per heavy atom. The Labute approximate surface area is 133 Å². The molecule has 0 aliphatic rings. The van der Waals surface area contributed by atoms with Crippen LogP contribution in [-0.4, -0.2) is 22.6 Å². The molecule has 0 spiro atoms. The Balaban J connectivity index is 1.93. The molecule has 0 aliphatic heterocycles. The molecule has 0 radical (unpaired) electrons. The first-order chi connectivity index (χ1) is 11.1. The molecule has 1 amide bonds. The highest BCUT2D eigenvalue weighted by Crippen LogP contribution is 2.17. The Morgan fingerprint density at radius 2 is 1.91 bits per heavy atom. The van der Waals surface area contributed by atoms with E-state index >= 15 is 0 Å². The van der Waals surface area contributed by atoms with Gasteiger partial charge in [0.15, 0.2) is 23.1 Å². The lowest BCUT2D eigenvalue weighted by molar-refractivity contribution is 0.0947. The molecule has 1 aromatic heterocycles. The van der Waals surface area contributed by atoms with Crippen LogP contribution in [0.15, 0.2) is 30.3 Å². The van der Waals surface area contributed by atoms with E-state index in [2.05, 4.69) is 27.8 Å². The zero-order valence-electron chi connectivity index (χ0n) is 12.8. The van der Waals surface area contributed by atoms with Crippen molar-refractivity contribution in [2.24, 2.45) is 0 Å². The highest BCUT2D eigenvalue weighted by Gasteiger charge is 2.08. The predicted molar refractivity (Wildman–Crippen MR) is 83.5 cm³/mol. The third kappa shape index (κ3) is 4.98.